The van der Waals surface area contributed by atoms with Crippen LogP contribution < -0.4 is 10.2 Å². The van der Waals surface area contributed by atoms with Crippen LogP contribution in [-0.2, 0) is 6.42 Å². The smallest absolute Gasteiger partial charge is 0.173 e. The van der Waals surface area contributed by atoms with Crippen LogP contribution in [0.15, 0.2) is 48.5 Å². The molecule has 1 fully saturated rings. The minimum atomic E-state index is 0.790. The van der Waals surface area contributed by atoms with Crippen molar-refractivity contribution >= 4 is 40.3 Å². The second-order valence-corrected chi connectivity index (χ2v) is 6.70. The number of nitrogens with one attached hydrogen (secondary N) is 1. The normalized spacial score (nSPS) is 14.6. The van der Waals surface area contributed by atoms with Crippen molar-refractivity contribution in [3.8, 4) is 0 Å². The molecule has 0 spiro atoms. The first kappa shape index (κ1) is 17.1. The van der Waals surface area contributed by atoms with Gasteiger partial charge in [-0.25, -0.2) is 0 Å². The average molecular weight is 360 g/mol. The minimum absolute atomic E-state index is 0.790. The van der Waals surface area contributed by atoms with Crippen molar-refractivity contribution < 1.29 is 0 Å². The third-order valence-corrected chi connectivity index (χ3v) is 5.05. The predicted molar refractivity (Wildman–Crippen MR) is 107 cm³/mol. The molecule has 2 aromatic rings. The van der Waals surface area contributed by atoms with Crippen LogP contribution >= 0.6 is 23.8 Å². The zero-order valence-corrected chi connectivity index (χ0v) is 15.4. The molecule has 1 aliphatic heterocycles. The van der Waals surface area contributed by atoms with Crippen molar-refractivity contribution in [3.63, 3.8) is 0 Å². The van der Waals surface area contributed by atoms with Gasteiger partial charge in [0.15, 0.2) is 5.11 Å². The van der Waals surface area contributed by atoms with Crippen molar-refractivity contribution in [2.24, 2.45) is 0 Å². The van der Waals surface area contributed by atoms with Gasteiger partial charge in [0.2, 0.25) is 0 Å². The summed E-state index contributed by atoms with van der Waals surface area (Å²) in [7, 11) is 0. The zero-order chi connectivity index (χ0) is 16.9. The maximum atomic E-state index is 6.30. The molecule has 1 aliphatic rings. The lowest BCUT2D eigenvalue weighted by Gasteiger charge is -2.37. The molecule has 5 heteroatoms. The van der Waals surface area contributed by atoms with E-state index in [9.17, 15) is 0 Å². The lowest BCUT2D eigenvalue weighted by atomic mass is 10.1. The van der Waals surface area contributed by atoms with Crippen molar-refractivity contribution in [1.29, 1.82) is 0 Å². The molecule has 0 radical (unpaired) electrons. The van der Waals surface area contributed by atoms with Crippen LogP contribution in [0.25, 0.3) is 0 Å². The fourth-order valence-electron chi connectivity index (χ4n) is 2.88. The first-order chi connectivity index (χ1) is 11.7. The van der Waals surface area contributed by atoms with E-state index in [-0.39, 0.29) is 0 Å². The number of benzene rings is 2. The summed E-state index contributed by atoms with van der Waals surface area (Å²) in [4.78, 5) is 4.54. The highest BCUT2D eigenvalue weighted by Gasteiger charge is 2.20. The molecule has 0 unspecified atom stereocenters. The molecule has 0 saturated carbocycles. The fourth-order valence-corrected chi connectivity index (χ4v) is 3.44. The highest BCUT2D eigenvalue weighted by Crippen LogP contribution is 2.26. The van der Waals surface area contributed by atoms with Gasteiger partial charge >= 0.3 is 0 Å². The summed E-state index contributed by atoms with van der Waals surface area (Å²) in [5.74, 6) is 0. The van der Waals surface area contributed by atoms with Gasteiger partial charge in [-0.3, -0.25) is 0 Å². The van der Waals surface area contributed by atoms with Gasteiger partial charge in [0.1, 0.15) is 0 Å². The number of piperazine rings is 1. The quantitative estimate of drug-likeness (QED) is 0.817. The molecule has 24 heavy (non-hydrogen) atoms. The predicted octanol–water partition coefficient (Wildman–Crippen LogP) is 4.42. The number of rotatable bonds is 3. The summed E-state index contributed by atoms with van der Waals surface area (Å²) in [6.07, 6.45) is 1.05. The van der Waals surface area contributed by atoms with E-state index in [1.807, 2.05) is 18.2 Å². The van der Waals surface area contributed by atoms with Gasteiger partial charge in [0, 0.05) is 31.9 Å². The molecule has 1 saturated heterocycles. The third-order valence-electron chi connectivity index (χ3n) is 4.37. The van der Waals surface area contributed by atoms with Crippen LogP contribution in [0.4, 0.5) is 11.4 Å². The van der Waals surface area contributed by atoms with Crippen LogP contribution in [0.1, 0.15) is 12.5 Å². The second kappa shape index (κ2) is 7.86. The Labute approximate surface area is 154 Å². The van der Waals surface area contributed by atoms with E-state index in [0.717, 1.165) is 54.1 Å². The van der Waals surface area contributed by atoms with Crippen LogP contribution in [0, 0.1) is 0 Å². The summed E-state index contributed by atoms with van der Waals surface area (Å²) in [5, 5.41) is 4.94. The Morgan fingerprint density at radius 3 is 2.33 bits per heavy atom. The number of halogens is 1. The van der Waals surface area contributed by atoms with Gasteiger partial charge in [-0.1, -0.05) is 42.8 Å². The number of anilines is 2. The van der Waals surface area contributed by atoms with E-state index < -0.39 is 0 Å². The summed E-state index contributed by atoms with van der Waals surface area (Å²) in [6, 6.07) is 16.5. The fraction of sp³-hybridized carbons (Fsp3) is 0.316. The summed E-state index contributed by atoms with van der Waals surface area (Å²) < 4.78 is 0. The molecule has 1 N–H and O–H groups in total. The Morgan fingerprint density at radius 2 is 1.71 bits per heavy atom. The Morgan fingerprint density at radius 1 is 1.04 bits per heavy atom. The van der Waals surface area contributed by atoms with Crippen molar-refractivity contribution in [2.45, 2.75) is 13.3 Å². The highest BCUT2D eigenvalue weighted by atomic mass is 35.5. The SMILES string of the molecule is CCc1ccc(NC(=S)N2CCN(c3ccccc3Cl)CC2)cc1. The zero-order valence-electron chi connectivity index (χ0n) is 13.8. The maximum Gasteiger partial charge on any atom is 0.173 e. The van der Waals surface area contributed by atoms with Crippen molar-refractivity contribution in [2.75, 3.05) is 36.4 Å². The number of nitrogens with zero attached hydrogens (tertiary/aromatic N) is 2. The topological polar surface area (TPSA) is 18.5 Å². The Bertz CT molecular complexity index is 694. The monoisotopic (exact) mass is 359 g/mol. The van der Waals surface area contributed by atoms with Crippen LogP contribution in [0.3, 0.4) is 0 Å². The van der Waals surface area contributed by atoms with E-state index >= 15 is 0 Å². The molecule has 0 aliphatic carbocycles. The largest absolute Gasteiger partial charge is 0.367 e. The molecule has 0 aromatic heterocycles. The van der Waals surface area contributed by atoms with Gasteiger partial charge in [0.25, 0.3) is 0 Å². The molecular weight excluding hydrogens is 338 g/mol. The van der Waals surface area contributed by atoms with Gasteiger partial charge in [-0.15, -0.1) is 0 Å². The highest BCUT2D eigenvalue weighted by molar-refractivity contribution is 7.80. The van der Waals surface area contributed by atoms with Crippen molar-refractivity contribution in [1.82, 2.24) is 4.90 Å². The number of thiocarbonyl (C=S) groups is 1. The van der Waals surface area contributed by atoms with Crippen LogP contribution in [0.2, 0.25) is 5.02 Å². The lowest BCUT2D eigenvalue weighted by Crippen LogP contribution is -2.50. The van der Waals surface area contributed by atoms with Gasteiger partial charge in [-0.2, -0.15) is 0 Å². The molecule has 2 aromatic carbocycles. The number of aryl methyl sites for hydroxylation is 1. The maximum absolute atomic E-state index is 6.30. The summed E-state index contributed by atoms with van der Waals surface area (Å²) in [6.45, 7) is 5.78. The van der Waals surface area contributed by atoms with Gasteiger partial charge < -0.3 is 15.1 Å². The van der Waals surface area contributed by atoms with E-state index in [0.29, 0.717) is 0 Å². The molecular formula is C19H22ClN3S. The van der Waals surface area contributed by atoms with Crippen LogP contribution in [0.5, 0.6) is 0 Å². The Kier molecular flexibility index (Phi) is 5.59. The van der Waals surface area contributed by atoms with E-state index in [4.69, 9.17) is 23.8 Å². The van der Waals surface area contributed by atoms with Gasteiger partial charge in [-0.05, 0) is 48.5 Å². The Hall–Kier alpha value is -1.78. The Balaban J connectivity index is 1.56. The van der Waals surface area contributed by atoms with Gasteiger partial charge in [0.05, 0.1) is 10.7 Å². The number of hydrogen-bond acceptors (Lipinski definition) is 2. The second-order valence-electron chi connectivity index (χ2n) is 5.91. The van der Waals surface area contributed by atoms with Crippen molar-refractivity contribution in [3.05, 3.63) is 59.1 Å². The van der Waals surface area contributed by atoms with E-state index in [1.165, 1.54) is 5.56 Å². The molecule has 3 nitrogen and oxygen atoms in total. The summed E-state index contributed by atoms with van der Waals surface area (Å²) in [5.41, 5.74) is 3.48. The molecule has 1 heterocycles. The van der Waals surface area contributed by atoms with E-state index in [2.05, 4.69) is 52.4 Å². The van der Waals surface area contributed by atoms with E-state index in [1.54, 1.807) is 0 Å². The molecule has 3 rings (SSSR count). The number of para-hydroxylation sites is 1. The standard InChI is InChI=1S/C19H22ClN3S/c1-2-15-7-9-16(10-8-15)21-19(24)23-13-11-22(12-14-23)18-6-4-3-5-17(18)20/h3-10H,2,11-14H2,1H3,(H,21,24). The lowest BCUT2D eigenvalue weighted by molar-refractivity contribution is 0.391. The first-order valence-electron chi connectivity index (χ1n) is 8.31. The molecule has 0 amide bonds. The molecule has 126 valence electrons. The minimum Gasteiger partial charge on any atom is -0.367 e. The number of hydrogen-bond donors (Lipinski definition) is 1. The summed E-state index contributed by atoms with van der Waals surface area (Å²) >= 11 is 11.9. The first-order valence-corrected chi connectivity index (χ1v) is 9.10. The van der Waals surface area contributed by atoms with Crippen LogP contribution in [-0.4, -0.2) is 36.2 Å². The molecule has 0 atom stereocenters. The average Bonchev–Trinajstić information content (AvgIpc) is 2.63. The third kappa shape index (κ3) is 4.00. The molecule has 0 bridgehead atoms.